The molecule has 0 aromatic heterocycles. The Hall–Kier alpha value is -2.06. The second kappa shape index (κ2) is 6.59. The second-order valence-corrected chi connectivity index (χ2v) is 7.45. The Morgan fingerprint density at radius 2 is 1.83 bits per heavy atom. The number of aryl methyl sites for hydroxylation is 1. The maximum Gasteiger partial charge on any atom is 0.271 e. The molecule has 0 saturated heterocycles. The molecule has 0 aliphatic heterocycles. The Bertz CT molecular complexity index is 864. The molecule has 6 nitrogen and oxygen atoms in total. The molecular weight excluding hydrogens is 336 g/mol. The van der Waals surface area contributed by atoms with Crippen molar-refractivity contribution in [2.75, 3.05) is 11.0 Å². The van der Waals surface area contributed by atoms with E-state index in [1.807, 2.05) is 12.3 Å². The Morgan fingerprint density at radius 3 is 2.43 bits per heavy atom. The first-order valence-corrected chi connectivity index (χ1v) is 9.38. The van der Waals surface area contributed by atoms with Crippen molar-refractivity contribution >= 4 is 33.2 Å². The number of hydrogen-bond acceptors (Lipinski definition) is 5. The Kier molecular flexibility index (Phi) is 4.96. The standard InChI is InChI=1S/C15H16N2O4S2/c1-10-8-12(17(18)19)9-15(11(10)2)23(20,21)16-13-6-4-5-7-14(13)22-3/h4-9,16H,1-3H3. The van der Waals surface area contributed by atoms with Crippen molar-refractivity contribution in [2.45, 2.75) is 23.6 Å². The van der Waals surface area contributed by atoms with E-state index >= 15 is 0 Å². The molecule has 0 saturated carbocycles. The molecule has 0 heterocycles. The van der Waals surface area contributed by atoms with Crippen LogP contribution in [0.4, 0.5) is 11.4 Å². The zero-order valence-corrected chi connectivity index (χ0v) is 14.5. The molecule has 0 unspecified atom stereocenters. The number of nitro benzene ring substituents is 1. The van der Waals surface area contributed by atoms with Gasteiger partial charge in [-0.1, -0.05) is 12.1 Å². The lowest BCUT2D eigenvalue weighted by molar-refractivity contribution is -0.385. The number of para-hydroxylation sites is 1. The first-order chi connectivity index (χ1) is 10.8. The third-order valence-electron chi connectivity index (χ3n) is 3.46. The van der Waals surface area contributed by atoms with Crippen LogP contribution in [0.15, 0.2) is 46.2 Å². The van der Waals surface area contributed by atoms with Gasteiger partial charge >= 0.3 is 0 Å². The summed E-state index contributed by atoms with van der Waals surface area (Å²) in [5.74, 6) is 0. The molecule has 0 spiro atoms. The SMILES string of the molecule is CSc1ccccc1NS(=O)(=O)c1cc([N+](=O)[O-])cc(C)c1C. The van der Waals surface area contributed by atoms with Gasteiger partial charge in [0.2, 0.25) is 0 Å². The highest BCUT2D eigenvalue weighted by Gasteiger charge is 2.23. The highest BCUT2D eigenvalue weighted by atomic mass is 32.2. The maximum absolute atomic E-state index is 12.7. The van der Waals surface area contributed by atoms with Gasteiger partial charge in [0.1, 0.15) is 0 Å². The first kappa shape index (κ1) is 17.3. The van der Waals surface area contributed by atoms with Crippen LogP contribution in [0.5, 0.6) is 0 Å². The summed E-state index contributed by atoms with van der Waals surface area (Å²) in [6.07, 6.45) is 1.84. The summed E-state index contributed by atoms with van der Waals surface area (Å²) in [7, 11) is -3.92. The number of nitro groups is 1. The Balaban J connectivity index is 2.54. The quantitative estimate of drug-likeness (QED) is 0.503. The van der Waals surface area contributed by atoms with Crippen LogP contribution < -0.4 is 4.72 Å². The van der Waals surface area contributed by atoms with E-state index in [0.29, 0.717) is 16.8 Å². The van der Waals surface area contributed by atoms with E-state index in [2.05, 4.69) is 4.72 Å². The summed E-state index contributed by atoms with van der Waals surface area (Å²) in [5, 5.41) is 11.0. The van der Waals surface area contributed by atoms with Crippen LogP contribution in [0.3, 0.4) is 0 Å². The summed E-state index contributed by atoms with van der Waals surface area (Å²) >= 11 is 1.41. The fourth-order valence-corrected chi connectivity index (χ4v) is 4.16. The minimum absolute atomic E-state index is 0.0832. The average molecular weight is 352 g/mol. The zero-order valence-electron chi connectivity index (χ0n) is 12.9. The molecule has 1 N–H and O–H groups in total. The van der Waals surface area contributed by atoms with E-state index < -0.39 is 14.9 Å². The molecule has 23 heavy (non-hydrogen) atoms. The average Bonchev–Trinajstić information content (AvgIpc) is 2.49. The van der Waals surface area contributed by atoms with Crippen molar-refractivity contribution < 1.29 is 13.3 Å². The molecule has 0 aliphatic rings. The predicted molar refractivity (Wildman–Crippen MR) is 91.6 cm³/mol. The Labute approximate surface area is 139 Å². The number of sulfonamides is 1. The fourth-order valence-electron chi connectivity index (χ4n) is 2.12. The van der Waals surface area contributed by atoms with E-state index in [9.17, 15) is 18.5 Å². The van der Waals surface area contributed by atoms with E-state index in [4.69, 9.17) is 0 Å². The van der Waals surface area contributed by atoms with E-state index in [-0.39, 0.29) is 10.6 Å². The highest BCUT2D eigenvalue weighted by Crippen LogP contribution is 2.30. The summed E-state index contributed by atoms with van der Waals surface area (Å²) < 4.78 is 27.9. The van der Waals surface area contributed by atoms with Crippen LogP contribution in [0, 0.1) is 24.0 Å². The predicted octanol–water partition coefficient (Wildman–Crippen LogP) is 3.73. The van der Waals surface area contributed by atoms with Gasteiger partial charge in [-0.15, -0.1) is 11.8 Å². The number of benzene rings is 2. The van der Waals surface area contributed by atoms with Gasteiger partial charge in [-0.05, 0) is 43.4 Å². The van der Waals surface area contributed by atoms with Gasteiger partial charge in [-0.3, -0.25) is 14.8 Å². The van der Waals surface area contributed by atoms with Gasteiger partial charge < -0.3 is 0 Å². The number of anilines is 1. The molecule has 122 valence electrons. The number of thioether (sulfide) groups is 1. The van der Waals surface area contributed by atoms with Gasteiger partial charge in [0.25, 0.3) is 15.7 Å². The monoisotopic (exact) mass is 352 g/mol. The van der Waals surface area contributed by atoms with Crippen molar-refractivity contribution in [2.24, 2.45) is 0 Å². The smallest absolute Gasteiger partial charge is 0.271 e. The molecule has 0 aliphatic carbocycles. The molecule has 0 atom stereocenters. The number of nitrogens with one attached hydrogen (secondary N) is 1. The highest BCUT2D eigenvalue weighted by molar-refractivity contribution is 7.99. The van der Waals surface area contributed by atoms with Crippen LogP contribution >= 0.6 is 11.8 Å². The van der Waals surface area contributed by atoms with Crippen molar-refractivity contribution in [3.05, 3.63) is 57.6 Å². The van der Waals surface area contributed by atoms with Gasteiger partial charge in [0.15, 0.2) is 0 Å². The summed E-state index contributed by atoms with van der Waals surface area (Å²) in [6.45, 7) is 3.28. The van der Waals surface area contributed by atoms with Crippen LogP contribution in [-0.4, -0.2) is 19.6 Å². The first-order valence-electron chi connectivity index (χ1n) is 6.67. The van der Waals surface area contributed by atoms with E-state index in [1.165, 1.54) is 17.8 Å². The second-order valence-electron chi connectivity index (χ2n) is 4.95. The van der Waals surface area contributed by atoms with Crippen LogP contribution in [0.1, 0.15) is 11.1 Å². The largest absolute Gasteiger partial charge is 0.278 e. The van der Waals surface area contributed by atoms with Gasteiger partial charge in [0.05, 0.1) is 15.5 Å². The molecule has 2 aromatic rings. The summed E-state index contributed by atoms with van der Waals surface area (Å²) in [5.41, 5.74) is 1.25. The topological polar surface area (TPSA) is 89.3 Å². The molecule has 0 bridgehead atoms. The molecule has 2 aromatic carbocycles. The number of hydrogen-bond donors (Lipinski definition) is 1. The Morgan fingerprint density at radius 1 is 1.17 bits per heavy atom. The van der Waals surface area contributed by atoms with Crippen molar-refractivity contribution in [3.63, 3.8) is 0 Å². The molecule has 0 amide bonds. The molecule has 0 radical (unpaired) electrons. The molecule has 2 rings (SSSR count). The molecule has 8 heteroatoms. The normalized spacial score (nSPS) is 11.3. The van der Waals surface area contributed by atoms with Gasteiger partial charge in [0, 0.05) is 17.0 Å². The minimum atomic E-state index is -3.92. The number of rotatable bonds is 5. The van der Waals surface area contributed by atoms with Crippen LogP contribution in [-0.2, 0) is 10.0 Å². The van der Waals surface area contributed by atoms with Gasteiger partial charge in [-0.25, -0.2) is 8.42 Å². The number of nitrogens with zero attached hydrogens (tertiary/aromatic N) is 1. The van der Waals surface area contributed by atoms with Crippen molar-refractivity contribution in [1.29, 1.82) is 0 Å². The third-order valence-corrected chi connectivity index (χ3v) is 5.74. The lowest BCUT2D eigenvalue weighted by Gasteiger charge is -2.14. The molecule has 0 fully saturated rings. The zero-order chi connectivity index (χ0) is 17.2. The summed E-state index contributed by atoms with van der Waals surface area (Å²) in [6, 6.07) is 9.45. The lowest BCUT2D eigenvalue weighted by atomic mass is 10.1. The third kappa shape index (κ3) is 3.65. The van der Waals surface area contributed by atoms with Gasteiger partial charge in [-0.2, -0.15) is 0 Å². The fraction of sp³-hybridized carbons (Fsp3) is 0.200. The maximum atomic E-state index is 12.7. The minimum Gasteiger partial charge on any atom is -0.278 e. The van der Waals surface area contributed by atoms with Crippen LogP contribution in [0.2, 0.25) is 0 Å². The lowest BCUT2D eigenvalue weighted by Crippen LogP contribution is -2.15. The van der Waals surface area contributed by atoms with Crippen molar-refractivity contribution in [1.82, 2.24) is 0 Å². The summed E-state index contributed by atoms with van der Waals surface area (Å²) in [4.78, 5) is 11.1. The number of non-ortho nitro benzene ring substituents is 1. The van der Waals surface area contributed by atoms with E-state index in [1.54, 1.807) is 32.0 Å². The molecular formula is C15H16N2O4S2. The van der Waals surface area contributed by atoms with Crippen LogP contribution in [0.25, 0.3) is 0 Å². The van der Waals surface area contributed by atoms with Crippen molar-refractivity contribution in [3.8, 4) is 0 Å². The van der Waals surface area contributed by atoms with E-state index in [0.717, 1.165) is 11.0 Å².